The summed E-state index contributed by atoms with van der Waals surface area (Å²) in [4.78, 5) is 12.0. The fraction of sp³-hybridized carbons (Fsp3) is 0.381. The van der Waals surface area contributed by atoms with Crippen LogP contribution in [-0.4, -0.2) is 41.2 Å². The fourth-order valence-corrected chi connectivity index (χ4v) is 3.75. The quantitative estimate of drug-likeness (QED) is 0.545. The lowest BCUT2D eigenvalue weighted by atomic mass is 10.1. The molecule has 0 unspecified atom stereocenters. The zero-order chi connectivity index (χ0) is 21.3. The van der Waals surface area contributed by atoms with E-state index in [1.54, 1.807) is 43.5 Å². The number of rotatable bonds is 11. The molecule has 0 aliphatic carbocycles. The average Bonchev–Trinajstić information content (AvgIpc) is 2.68. The summed E-state index contributed by atoms with van der Waals surface area (Å²) in [5.41, 5.74) is 1.98. The summed E-state index contributed by atoms with van der Waals surface area (Å²) in [5.74, 6) is 0.565. The Labute approximate surface area is 172 Å². The molecule has 29 heavy (non-hydrogen) atoms. The van der Waals surface area contributed by atoms with Gasteiger partial charge in [0.2, 0.25) is 5.91 Å². The largest absolute Gasteiger partial charge is 0.493 e. The van der Waals surface area contributed by atoms with Gasteiger partial charge in [-0.2, -0.15) is 0 Å². The van der Waals surface area contributed by atoms with Gasteiger partial charge >= 0.3 is 0 Å². The predicted molar refractivity (Wildman–Crippen MR) is 113 cm³/mol. The molecule has 0 radical (unpaired) electrons. The van der Waals surface area contributed by atoms with Gasteiger partial charge in [-0.3, -0.25) is 9.52 Å². The summed E-state index contributed by atoms with van der Waals surface area (Å²) < 4.78 is 38.4. The van der Waals surface area contributed by atoms with Crippen molar-refractivity contribution in [3.8, 4) is 5.75 Å². The van der Waals surface area contributed by atoms with Gasteiger partial charge in [-0.05, 0) is 54.8 Å². The van der Waals surface area contributed by atoms with Crippen LogP contribution in [0.3, 0.4) is 0 Å². The van der Waals surface area contributed by atoms with Gasteiger partial charge in [0.05, 0.1) is 24.5 Å². The lowest BCUT2D eigenvalue weighted by Gasteiger charge is -2.12. The second-order valence-electron chi connectivity index (χ2n) is 6.60. The number of hydrogen-bond acceptors (Lipinski definition) is 5. The van der Waals surface area contributed by atoms with Gasteiger partial charge in [0.1, 0.15) is 5.75 Å². The molecule has 7 nitrogen and oxygen atoms in total. The number of anilines is 1. The molecule has 0 spiro atoms. The number of carbonyl (C=O) groups excluding carboxylic acids is 1. The maximum Gasteiger partial charge on any atom is 0.261 e. The molecular weight excluding hydrogens is 392 g/mol. The first kappa shape index (κ1) is 22.7. The molecule has 0 aliphatic heterocycles. The van der Waals surface area contributed by atoms with Crippen LogP contribution in [0, 0.1) is 6.92 Å². The Hall–Kier alpha value is -2.58. The van der Waals surface area contributed by atoms with E-state index in [4.69, 9.17) is 9.47 Å². The van der Waals surface area contributed by atoms with Crippen LogP contribution in [0.1, 0.15) is 24.5 Å². The minimum atomic E-state index is -3.72. The van der Waals surface area contributed by atoms with E-state index in [-0.39, 0.29) is 17.2 Å². The normalized spacial score (nSPS) is 11.1. The minimum Gasteiger partial charge on any atom is -0.493 e. The van der Waals surface area contributed by atoms with Gasteiger partial charge in [0, 0.05) is 19.3 Å². The van der Waals surface area contributed by atoms with Crippen molar-refractivity contribution in [2.45, 2.75) is 31.6 Å². The number of methoxy groups -OCH3 is 1. The number of aryl methyl sites for hydroxylation is 1. The molecule has 2 rings (SSSR count). The molecule has 0 aromatic heterocycles. The number of sulfonamides is 1. The highest BCUT2D eigenvalue weighted by Crippen LogP contribution is 2.24. The van der Waals surface area contributed by atoms with Gasteiger partial charge in [-0.15, -0.1) is 0 Å². The van der Waals surface area contributed by atoms with Crippen molar-refractivity contribution in [3.05, 3.63) is 53.6 Å². The molecule has 0 atom stereocenters. The Kier molecular flexibility index (Phi) is 8.48. The van der Waals surface area contributed by atoms with Gasteiger partial charge in [-0.25, -0.2) is 8.42 Å². The van der Waals surface area contributed by atoms with Crippen molar-refractivity contribution in [2.75, 3.05) is 31.6 Å². The number of ether oxygens (including phenoxy) is 2. The van der Waals surface area contributed by atoms with E-state index in [9.17, 15) is 13.2 Å². The highest BCUT2D eigenvalue weighted by molar-refractivity contribution is 7.92. The van der Waals surface area contributed by atoms with Crippen molar-refractivity contribution in [1.29, 1.82) is 0 Å². The lowest BCUT2D eigenvalue weighted by Crippen LogP contribution is -2.28. The Bertz CT molecular complexity index is 911. The van der Waals surface area contributed by atoms with Gasteiger partial charge in [-0.1, -0.05) is 19.1 Å². The van der Waals surface area contributed by atoms with Crippen LogP contribution in [0.4, 0.5) is 5.69 Å². The van der Waals surface area contributed by atoms with Crippen LogP contribution in [0.5, 0.6) is 5.75 Å². The third-order valence-electron chi connectivity index (χ3n) is 4.12. The van der Waals surface area contributed by atoms with Crippen molar-refractivity contribution < 1.29 is 22.7 Å². The molecule has 0 bridgehead atoms. The summed E-state index contributed by atoms with van der Waals surface area (Å²) in [5, 5.41) is 2.74. The van der Waals surface area contributed by atoms with E-state index in [2.05, 4.69) is 10.0 Å². The van der Waals surface area contributed by atoms with Gasteiger partial charge < -0.3 is 14.8 Å². The molecule has 2 aromatic rings. The number of hydrogen-bond donors (Lipinski definition) is 2. The van der Waals surface area contributed by atoms with E-state index >= 15 is 0 Å². The van der Waals surface area contributed by atoms with E-state index in [0.717, 1.165) is 17.5 Å². The van der Waals surface area contributed by atoms with E-state index in [0.29, 0.717) is 31.2 Å². The second-order valence-corrected chi connectivity index (χ2v) is 8.28. The van der Waals surface area contributed by atoms with Crippen LogP contribution in [0.25, 0.3) is 0 Å². The molecule has 0 saturated heterocycles. The van der Waals surface area contributed by atoms with E-state index in [1.807, 2.05) is 13.8 Å². The fourth-order valence-electron chi connectivity index (χ4n) is 2.61. The van der Waals surface area contributed by atoms with Gasteiger partial charge in [0.25, 0.3) is 10.0 Å². The molecule has 0 aliphatic rings. The van der Waals surface area contributed by atoms with Gasteiger partial charge in [0.15, 0.2) is 0 Å². The van der Waals surface area contributed by atoms with Crippen molar-refractivity contribution in [3.63, 3.8) is 0 Å². The number of benzene rings is 2. The molecule has 2 N–H and O–H groups in total. The molecule has 0 heterocycles. The topological polar surface area (TPSA) is 93.7 Å². The highest BCUT2D eigenvalue weighted by Gasteiger charge is 2.16. The van der Waals surface area contributed by atoms with Crippen LogP contribution in [0.2, 0.25) is 0 Å². The standard InChI is InChI=1S/C21H28N2O5S/c1-4-12-28-20-10-9-19(14-16(20)2)29(25,26)23-18-7-5-17(6-8-18)15-21(24)22-11-13-27-3/h5-10,14,23H,4,11-13,15H2,1-3H3,(H,22,24). The second kappa shape index (κ2) is 10.8. The third kappa shape index (κ3) is 7.07. The van der Waals surface area contributed by atoms with Crippen molar-refractivity contribution in [1.82, 2.24) is 5.32 Å². The predicted octanol–water partition coefficient (Wildman–Crippen LogP) is 2.89. The zero-order valence-electron chi connectivity index (χ0n) is 17.0. The van der Waals surface area contributed by atoms with Crippen LogP contribution >= 0.6 is 0 Å². The van der Waals surface area contributed by atoms with E-state index < -0.39 is 10.0 Å². The monoisotopic (exact) mass is 420 g/mol. The Morgan fingerprint density at radius 3 is 2.41 bits per heavy atom. The molecule has 2 aromatic carbocycles. The molecule has 0 saturated carbocycles. The molecule has 158 valence electrons. The Balaban J connectivity index is 2.01. The zero-order valence-corrected chi connectivity index (χ0v) is 17.8. The number of carbonyl (C=O) groups is 1. The smallest absolute Gasteiger partial charge is 0.261 e. The average molecular weight is 421 g/mol. The summed E-state index contributed by atoms with van der Waals surface area (Å²) >= 11 is 0. The number of nitrogens with one attached hydrogen (secondary N) is 2. The first-order valence-electron chi connectivity index (χ1n) is 9.46. The van der Waals surface area contributed by atoms with Crippen LogP contribution in [-0.2, 0) is 26.0 Å². The molecule has 0 fully saturated rings. The SMILES string of the molecule is CCCOc1ccc(S(=O)(=O)Nc2ccc(CC(=O)NCCOC)cc2)cc1C. The molecular formula is C21H28N2O5S. The van der Waals surface area contributed by atoms with E-state index in [1.165, 1.54) is 6.07 Å². The lowest BCUT2D eigenvalue weighted by molar-refractivity contribution is -0.120. The maximum atomic E-state index is 12.7. The van der Waals surface area contributed by atoms with Crippen LogP contribution in [0.15, 0.2) is 47.4 Å². The Morgan fingerprint density at radius 2 is 1.79 bits per heavy atom. The maximum absolute atomic E-state index is 12.7. The Morgan fingerprint density at radius 1 is 1.07 bits per heavy atom. The molecule has 1 amide bonds. The minimum absolute atomic E-state index is 0.115. The first-order valence-corrected chi connectivity index (χ1v) is 10.9. The first-order chi connectivity index (χ1) is 13.9. The third-order valence-corrected chi connectivity index (χ3v) is 5.50. The summed E-state index contributed by atoms with van der Waals surface area (Å²) in [7, 11) is -2.15. The van der Waals surface area contributed by atoms with Crippen molar-refractivity contribution in [2.24, 2.45) is 0 Å². The van der Waals surface area contributed by atoms with Crippen molar-refractivity contribution >= 4 is 21.6 Å². The summed E-state index contributed by atoms with van der Waals surface area (Å²) in [6, 6.07) is 11.5. The summed E-state index contributed by atoms with van der Waals surface area (Å²) in [6.45, 7) is 5.32. The number of amides is 1. The highest BCUT2D eigenvalue weighted by atomic mass is 32.2. The van der Waals surface area contributed by atoms with Crippen LogP contribution < -0.4 is 14.8 Å². The summed E-state index contributed by atoms with van der Waals surface area (Å²) in [6.07, 6.45) is 1.10. The molecule has 8 heteroatoms.